The van der Waals surface area contributed by atoms with Crippen LogP contribution in [0.3, 0.4) is 0 Å². The number of halogens is 1. The number of aromatic nitrogens is 4. The van der Waals surface area contributed by atoms with E-state index in [1.807, 2.05) is 6.92 Å². The van der Waals surface area contributed by atoms with Gasteiger partial charge in [0.2, 0.25) is 18.2 Å². The summed E-state index contributed by atoms with van der Waals surface area (Å²) in [6.07, 6.45) is 2.71. The molecule has 112 valence electrons. The fourth-order valence-electron chi connectivity index (χ4n) is 1.69. The Bertz CT molecular complexity index is 747. The molecule has 0 fully saturated rings. The van der Waals surface area contributed by atoms with Gasteiger partial charge in [0.05, 0.1) is 12.8 Å². The molecule has 0 saturated heterocycles. The molecule has 0 radical (unpaired) electrons. The summed E-state index contributed by atoms with van der Waals surface area (Å²) in [5, 5.41) is 7.79. The summed E-state index contributed by atoms with van der Waals surface area (Å²) in [6, 6.07) is 7.23. The molecule has 2 heterocycles. The predicted octanol–water partition coefficient (Wildman–Crippen LogP) is 3.37. The molecule has 3 aromatic rings. The van der Waals surface area contributed by atoms with E-state index in [-0.39, 0.29) is 11.9 Å². The number of benzene rings is 1. The zero-order chi connectivity index (χ0) is 15.4. The first-order valence-corrected chi connectivity index (χ1v) is 6.84. The van der Waals surface area contributed by atoms with Crippen LogP contribution in [-0.4, -0.2) is 26.8 Å². The standard InChI is InChI=1S/C14H11ClN4O3/c1-2-20-13-11(15)7-16-14(18-13)22-10-5-3-9(4-6-10)12-19-17-8-21-12/h3-8H,2H2,1H3. The summed E-state index contributed by atoms with van der Waals surface area (Å²) in [4.78, 5) is 8.10. The minimum atomic E-state index is 0.151. The van der Waals surface area contributed by atoms with Crippen molar-refractivity contribution in [3.8, 4) is 29.1 Å². The number of rotatable bonds is 5. The van der Waals surface area contributed by atoms with Crippen LogP contribution in [0, 0.1) is 0 Å². The molecule has 8 heteroatoms. The van der Waals surface area contributed by atoms with E-state index in [9.17, 15) is 0 Å². The van der Waals surface area contributed by atoms with Crippen molar-refractivity contribution in [2.45, 2.75) is 6.92 Å². The average molecular weight is 319 g/mol. The van der Waals surface area contributed by atoms with Gasteiger partial charge in [0.15, 0.2) is 0 Å². The third-order valence-corrected chi connectivity index (χ3v) is 2.90. The Kier molecular flexibility index (Phi) is 4.15. The maximum Gasteiger partial charge on any atom is 0.325 e. The minimum absolute atomic E-state index is 0.151. The molecule has 0 amide bonds. The molecule has 2 aromatic heterocycles. The molecule has 0 aliphatic rings. The van der Waals surface area contributed by atoms with Crippen molar-refractivity contribution in [1.82, 2.24) is 20.2 Å². The molecule has 0 N–H and O–H groups in total. The van der Waals surface area contributed by atoms with Crippen molar-refractivity contribution in [3.63, 3.8) is 0 Å². The maximum atomic E-state index is 5.93. The second kappa shape index (κ2) is 6.40. The van der Waals surface area contributed by atoms with Crippen LogP contribution < -0.4 is 9.47 Å². The molecule has 0 aliphatic heterocycles. The van der Waals surface area contributed by atoms with Crippen LogP contribution in [0.1, 0.15) is 6.92 Å². The van der Waals surface area contributed by atoms with Crippen molar-refractivity contribution in [3.05, 3.63) is 41.9 Å². The smallest absolute Gasteiger partial charge is 0.325 e. The van der Waals surface area contributed by atoms with Gasteiger partial charge >= 0.3 is 6.01 Å². The number of hydrogen-bond donors (Lipinski definition) is 0. The highest BCUT2D eigenvalue weighted by molar-refractivity contribution is 6.31. The molecular formula is C14H11ClN4O3. The van der Waals surface area contributed by atoms with E-state index in [1.165, 1.54) is 12.6 Å². The third-order valence-electron chi connectivity index (χ3n) is 2.64. The highest BCUT2D eigenvalue weighted by Gasteiger charge is 2.09. The van der Waals surface area contributed by atoms with E-state index in [2.05, 4.69) is 20.2 Å². The average Bonchev–Trinajstić information content (AvgIpc) is 3.06. The van der Waals surface area contributed by atoms with E-state index >= 15 is 0 Å². The van der Waals surface area contributed by atoms with Crippen LogP contribution in [-0.2, 0) is 0 Å². The van der Waals surface area contributed by atoms with Gasteiger partial charge in [-0.25, -0.2) is 4.98 Å². The van der Waals surface area contributed by atoms with Gasteiger partial charge in [-0.05, 0) is 31.2 Å². The largest absolute Gasteiger partial charge is 0.477 e. The normalized spacial score (nSPS) is 10.5. The van der Waals surface area contributed by atoms with Crippen molar-refractivity contribution in [2.24, 2.45) is 0 Å². The van der Waals surface area contributed by atoms with Gasteiger partial charge in [-0.3, -0.25) is 0 Å². The second-order valence-corrected chi connectivity index (χ2v) is 4.52. The predicted molar refractivity (Wildman–Crippen MR) is 78.0 cm³/mol. The van der Waals surface area contributed by atoms with Gasteiger partial charge in [-0.1, -0.05) is 11.6 Å². The Morgan fingerprint density at radius 3 is 2.73 bits per heavy atom. The molecule has 0 unspecified atom stereocenters. The van der Waals surface area contributed by atoms with Crippen LogP contribution in [0.15, 0.2) is 41.3 Å². The van der Waals surface area contributed by atoms with E-state index in [1.54, 1.807) is 24.3 Å². The molecule has 7 nitrogen and oxygen atoms in total. The lowest BCUT2D eigenvalue weighted by Gasteiger charge is -2.07. The summed E-state index contributed by atoms with van der Waals surface area (Å²) in [5.41, 5.74) is 0.789. The first kappa shape index (κ1) is 14.3. The van der Waals surface area contributed by atoms with Gasteiger partial charge in [-0.15, -0.1) is 10.2 Å². The number of ether oxygens (including phenoxy) is 2. The zero-order valence-corrected chi connectivity index (χ0v) is 12.3. The van der Waals surface area contributed by atoms with Crippen LogP contribution in [0.4, 0.5) is 0 Å². The first-order chi connectivity index (χ1) is 10.8. The molecular weight excluding hydrogens is 308 g/mol. The van der Waals surface area contributed by atoms with Crippen molar-refractivity contribution in [1.29, 1.82) is 0 Å². The Hall–Kier alpha value is -2.67. The van der Waals surface area contributed by atoms with Gasteiger partial charge < -0.3 is 13.9 Å². The lowest BCUT2D eigenvalue weighted by Crippen LogP contribution is -1.98. The molecule has 0 saturated carbocycles. The third kappa shape index (κ3) is 3.15. The number of hydrogen-bond acceptors (Lipinski definition) is 7. The maximum absolute atomic E-state index is 5.93. The Morgan fingerprint density at radius 2 is 2.05 bits per heavy atom. The lowest BCUT2D eigenvalue weighted by molar-refractivity contribution is 0.318. The summed E-state index contributed by atoms with van der Waals surface area (Å²) in [7, 11) is 0. The fraction of sp³-hybridized carbons (Fsp3) is 0.143. The van der Waals surface area contributed by atoms with E-state index in [4.69, 9.17) is 25.5 Å². The molecule has 0 atom stereocenters. The van der Waals surface area contributed by atoms with Crippen LogP contribution >= 0.6 is 11.6 Å². The van der Waals surface area contributed by atoms with E-state index in [0.29, 0.717) is 23.3 Å². The highest BCUT2D eigenvalue weighted by atomic mass is 35.5. The fourth-order valence-corrected chi connectivity index (χ4v) is 1.84. The lowest BCUT2D eigenvalue weighted by atomic mass is 10.2. The zero-order valence-electron chi connectivity index (χ0n) is 11.6. The molecule has 0 aliphatic carbocycles. The van der Waals surface area contributed by atoms with Gasteiger partial charge in [0, 0.05) is 5.56 Å². The summed E-state index contributed by atoms with van der Waals surface area (Å²) in [5.74, 6) is 1.29. The second-order valence-electron chi connectivity index (χ2n) is 4.11. The van der Waals surface area contributed by atoms with Crippen LogP contribution in [0.25, 0.3) is 11.5 Å². The minimum Gasteiger partial charge on any atom is -0.477 e. The Morgan fingerprint density at radius 1 is 1.23 bits per heavy atom. The molecule has 1 aromatic carbocycles. The molecule has 22 heavy (non-hydrogen) atoms. The van der Waals surface area contributed by atoms with Crippen molar-refractivity contribution in [2.75, 3.05) is 6.61 Å². The first-order valence-electron chi connectivity index (χ1n) is 6.46. The van der Waals surface area contributed by atoms with Gasteiger partial charge in [0.25, 0.3) is 0 Å². The van der Waals surface area contributed by atoms with Gasteiger partial charge in [-0.2, -0.15) is 4.98 Å². The van der Waals surface area contributed by atoms with E-state index in [0.717, 1.165) is 5.56 Å². The summed E-state index contributed by atoms with van der Waals surface area (Å²) in [6.45, 7) is 2.30. The topological polar surface area (TPSA) is 83.2 Å². The SMILES string of the molecule is CCOc1nc(Oc2ccc(-c3nnco3)cc2)ncc1Cl. The summed E-state index contributed by atoms with van der Waals surface area (Å²) < 4.78 is 16.0. The van der Waals surface area contributed by atoms with Gasteiger partial charge in [0.1, 0.15) is 10.8 Å². The molecule has 0 spiro atoms. The van der Waals surface area contributed by atoms with Crippen LogP contribution in [0.2, 0.25) is 5.02 Å². The van der Waals surface area contributed by atoms with Crippen molar-refractivity contribution < 1.29 is 13.9 Å². The number of nitrogens with zero attached hydrogens (tertiary/aromatic N) is 4. The summed E-state index contributed by atoms with van der Waals surface area (Å²) >= 11 is 5.93. The van der Waals surface area contributed by atoms with Crippen molar-refractivity contribution >= 4 is 11.6 Å². The monoisotopic (exact) mass is 318 g/mol. The Balaban J connectivity index is 1.77. The Labute approximate surface area is 130 Å². The van der Waals surface area contributed by atoms with Crippen LogP contribution in [0.5, 0.6) is 17.6 Å². The molecule has 3 rings (SSSR count). The quantitative estimate of drug-likeness (QED) is 0.713. The van der Waals surface area contributed by atoms with E-state index < -0.39 is 0 Å². The highest BCUT2D eigenvalue weighted by Crippen LogP contribution is 2.26. The molecule has 0 bridgehead atoms.